The number of thiophene rings is 1. The number of hydrogen-bond donors (Lipinski definition) is 2. The van der Waals surface area contributed by atoms with Crippen molar-refractivity contribution in [2.45, 2.75) is 62.6 Å². The number of rotatable bonds is 9. The number of aromatic nitrogens is 2. The molecule has 0 radical (unpaired) electrons. The molecule has 1 atom stereocenters. The van der Waals surface area contributed by atoms with Crippen molar-refractivity contribution in [1.82, 2.24) is 5.27 Å². The summed E-state index contributed by atoms with van der Waals surface area (Å²) in [5.41, 5.74) is 1.56. The van der Waals surface area contributed by atoms with Crippen LogP contribution in [0.4, 0.5) is 5.00 Å². The van der Waals surface area contributed by atoms with E-state index in [2.05, 4.69) is 10.6 Å². The predicted molar refractivity (Wildman–Crippen MR) is 138 cm³/mol. The SMILES string of the molecule is CCOC(=O)c1c(NC(=O)C(CC)Sc2c(=O)o[nH][n+]2-c2ccc(OC)cc2)sc2c1CCCCC2. The average Bonchev–Trinajstić information content (AvgIpc) is 3.32. The van der Waals surface area contributed by atoms with Crippen LogP contribution in [0, 0.1) is 0 Å². The van der Waals surface area contributed by atoms with Gasteiger partial charge in [0.1, 0.15) is 10.8 Å². The fraction of sp³-hybridized carbons (Fsp3) is 0.440. The maximum Gasteiger partial charge on any atom is 0.442 e. The second-order valence-corrected chi connectivity index (χ2v) is 10.6. The lowest BCUT2D eigenvalue weighted by atomic mass is 10.1. The Balaban J connectivity index is 1.59. The monoisotopic (exact) mass is 532 g/mol. The van der Waals surface area contributed by atoms with Crippen molar-refractivity contribution in [2.75, 3.05) is 19.0 Å². The Kier molecular flexibility index (Phi) is 8.52. The van der Waals surface area contributed by atoms with E-state index in [9.17, 15) is 14.4 Å². The minimum atomic E-state index is -0.592. The Bertz CT molecular complexity index is 1280. The third-order valence-corrected chi connectivity index (χ3v) is 8.60. The molecule has 2 N–H and O–H groups in total. The first-order chi connectivity index (χ1) is 17.5. The molecule has 0 spiro atoms. The highest BCUT2D eigenvalue weighted by atomic mass is 32.2. The van der Waals surface area contributed by atoms with Gasteiger partial charge in [0.15, 0.2) is 0 Å². The lowest BCUT2D eigenvalue weighted by Crippen LogP contribution is -2.37. The first-order valence-corrected chi connectivity index (χ1v) is 13.7. The third-order valence-electron chi connectivity index (χ3n) is 5.99. The number of aryl methyl sites for hydroxylation is 1. The molecule has 2 heterocycles. The number of anilines is 1. The number of benzene rings is 1. The standard InChI is InChI=1S/C25H29N3O6S2/c1-4-18(36-23-25(31)34-27-28(23)15-11-13-16(32-3)14-12-15)21(29)26-22-20(24(30)33-5-2)17-9-7-6-8-10-19(17)35-22/h11-14,18H,4-10H2,1-3H3,(H-,26,27,29,30,31)/p+1. The minimum absolute atomic E-state index is 0.245. The van der Waals surface area contributed by atoms with Crippen molar-refractivity contribution in [3.05, 3.63) is 50.7 Å². The van der Waals surface area contributed by atoms with Crippen LogP contribution in [0.15, 0.2) is 38.6 Å². The van der Waals surface area contributed by atoms with Crippen molar-refractivity contribution in [3.8, 4) is 11.4 Å². The van der Waals surface area contributed by atoms with Gasteiger partial charge in [0, 0.05) is 17.0 Å². The van der Waals surface area contributed by atoms with E-state index >= 15 is 0 Å². The van der Waals surface area contributed by atoms with Gasteiger partial charge in [0.05, 0.1) is 24.5 Å². The number of aromatic amines is 1. The fourth-order valence-corrected chi connectivity index (χ4v) is 6.43. The van der Waals surface area contributed by atoms with E-state index in [0.717, 1.165) is 54.3 Å². The third kappa shape index (κ3) is 5.52. The summed E-state index contributed by atoms with van der Waals surface area (Å²) in [5.74, 6) is -0.0140. The van der Waals surface area contributed by atoms with Crippen LogP contribution >= 0.6 is 23.1 Å². The van der Waals surface area contributed by atoms with Crippen molar-refractivity contribution in [2.24, 2.45) is 0 Å². The van der Waals surface area contributed by atoms with Gasteiger partial charge in [-0.2, -0.15) is 0 Å². The van der Waals surface area contributed by atoms with Gasteiger partial charge < -0.3 is 14.8 Å². The lowest BCUT2D eigenvalue weighted by molar-refractivity contribution is -0.704. The largest absolute Gasteiger partial charge is 0.497 e. The number of H-pyrrole nitrogens is 1. The summed E-state index contributed by atoms with van der Waals surface area (Å²) in [4.78, 5) is 39.8. The molecular formula is C25H30N3O6S2+. The van der Waals surface area contributed by atoms with Crippen LogP contribution in [-0.4, -0.2) is 36.1 Å². The topological polar surface area (TPSA) is 115 Å². The summed E-state index contributed by atoms with van der Waals surface area (Å²) in [7, 11) is 1.58. The van der Waals surface area contributed by atoms with Gasteiger partial charge in [-0.05, 0) is 78.4 Å². The molecule has 0 saturated carbocycles. The number of hydrogen-bond acceptors (Lipinski definition) is 8. The Hall–Kier alpha value is -3.05. The van der Waals surface area contributed by atoms with Crippen LogP contribution in [0.25, 0.3) is 5.69 Å². The van der Waals surface area contributed by atoms with Crippen molar-refractivity contribution in [3.63, 3.8) is 0 Å². The number of methoxy groups -OCH3 is 1. The molecule has 1 aromatic carbocycles. The highest BCUT2D eigenvalue weighted by Crippen LogP contribution is 2.38. The first-order valence-electron chi connectivity index (χ1n) is 12.0. The average molecular weight is 533 g/mol. The van der Waals surface area contributed by atoms with Crippen molar-refractivity contribution in [1.29, 1.82) is 0 Å². The van der Waals surface area contributed by atoms with Crippen LogP contribution in [-0.2, 0) is 22.4 Å². The molecule has 1 unspecified atom stereocenters. The number of carbonyl (C=O) groups excluding carboxylic acids is 2. The smallest absolute Gasteiger partial charge is 0.442 e. The molecule has 3 aromatic rings. The van der Waals surface area contributed by atoms with Crippen LogP contribution < -0.4 is 20.4 Å². The molecule has 1 amide bonds. The zero-order valence-electron chi connectivity index (χ0n) is 20.5. The van der Waals surface area contributed by atoms with Gasteiger partial charge in [-0.15, -0.1) is 11.3 Å². The highest BCUT2D eigenvalue weighted by molar-refractivity contribution is 8.00. The van der Waals surface area contributed by atoms with Crippen LogP contribution in [0.5, 0.6) is 5.75 Å². The highest BCUT2D eigenvalue weighted by Gasteiger charge is 2.32. The normalized spacial score (nSPS) is 14.0. The summed E-state index contributed by atoms with van der Waals surface area (Å²) in [6.07, 6.45) is 5.34. The molecule has 0 bridgehead atoms. The summed E-state index contributed by atoms with van der Waals surface area (Å²) >= 11 is 2.57. The van der Waals surface area contributed by atoms with Gasteiger partial charge in [-0.1, -0.05) is 13.3 Å². The molecular weight excluding hydrogens is 502 g/mol. The number of esters is 1. The van der Waals surface area contributed by atoms with Gasteiger partial charge >= 0.3 is 16.6 Å². The van der Waals surface area contributed by atoms with Gasteiger partial charge in [0.25, 0.3) is 0 Å². The Morgan fingerprint density at radius 1 is 1.19 bits per heavy atom. The number of ether oxygens (including phenoxy) is 2. The summed E-state index contributed by atoms with van der Waals surface area (Å²) < 4.78 is 17.1. The zero-order valence-corrected chi connectivity index (χ0v) is 22.2. The van der Waals surface area contributed by atoms with Gasteiger partial charge in [-0.3, -0.25) is 9.32 Å². The molecule has 4 rings (SSSR count). The fourth-order valence-electron chi connectivity index (χ4n) is 4.16. The number of nitrogens with one attached hydrogen (secondary N) is 2. The van der Waals surface area contributed by atoms with Crippen LogP contribution in [0.1, 0.15) is 60.3 Å². The second-order valence-electron chi connectivity index (χ2n) is 8.31. The van der Waals surface area contributed by atoms with E-state index in [1.807, 2.05) is 6.92 Å². The molecule has 0 saturated heterocycles. The molecule has 36 heavy (non-hydrogen) atoms. The Morgan fingerprint density at radius 3 is 2.64 bits per heavy atom. The maximum atomic E-state index is 13.4. The van der Waals surface area contributed by atoms with Gasteiger partial charge in [-0.25, -0.2) is 9.59 Å². The molecule has 1 aliphatic carbocycles. The van der Waals surface area contributed by atoms with E-state index in [4.69, 9.17) is 14.0 Å². The summed E-state index contributed by atoms with van der Waals surface area (Å²) in [5, 5.41) is 5.75. The lowest BCUT2D eigenvalue weighted by Gasteiger charge is -2.13. The predicted octanol–water partition coefficient (Wildman–Crippen LogP) is 4.27. The minimum Gasteiger partial charge on any atom is -0.497 e. The van der Waals surface area contributed by atoms with Gasteiger partial charge in [0.2, 0.25) is 11.6 Å². The Morgan fingerprint density at radius 2 is 1.94 bits per heavy atom. The number of amides is 1. The van der Waals surface area contributed by atoms with E-state index in [-0.39, 0.29) is 17.5 Å². The van der Waals surface area contributed by atoms with E-state index in [1.54, 1.807) is 38.3 Å². The first kappa shape index (κ1) is 26.0. The molecule has 0 fully saturated rings. The molecule has 9 nitrogen and oxygen atoms in total. The maximum absolute atomic E-state index is 13.4. The van der Waals surface area contributed by atoms with Crippen LogP contribution in [0.2, 0.25) is 0 Å². The Labute approximate surface area is 217 Å². The number of thioether (sulfide) groups is 1. The molecule has 2 aromatic heterocycles. The number of carbonyl (C=O) groups is 2. The van der Waals surface area contributed by atoms with E-state index in [1.165, 1.54) is 16.0 Å². The quantitative estimate of drug-likeness (QED) is 0.183. The number of nitrogens with zero attached hydrogens (tertiary/aromatic N) is 1. The van der Waals surface area contributed by atoms with E-state index in [0.29, 0.717) is 28.4 Å². The second kappa shape index (κ2) is 11.8. The molecule has 192 valence electrons. The number of fused-ring (bicyclic) bond motifs is 1. The molecule has 11 heteroatoms. The molecule has 1 aliphatic rings. The van der Waals surface area contributed by atoms with Crippen molar-refractivity contribution < 1.29 is 28.3 Å². The van der Waals surface area contributed by atoms with E-state index < -0.39 is 16.8 Å². The zero-order chi connectivity index (χ0) is 25.7. The van der Waals surface area contributed by atoms with Crippen LogP contribution in [0.3, 0.4) is 0 Å². The summed E-state index contributed by atoms with van der Waals surface area (Å²) in [6.45, 7) is 3.91. The summed E-state index contributed by atoms with van der Waals surface area (Å²) in [6, 6.07) is 7.09. The van der Waals surface area contributed by atoms with Crippen molar-refractivity contribution >= 4 is 40.0 Å². The molecule has 0 aliphatic heterocycles.